The second-order valence-electron chi connectivity index (χ2n) is 9.76. The zero-order chi connectivity index (χ0) is 31.1. The molecule has 0 aliphatic heterocycles. The number of anilines is 1. The van der Waals surface area contributed by atoms with E-state index >= 15 is 0 Å². The number of sulfonamides is 2. The summed E-state index contributed by atoms with van der Waals surface area (Å²) >= 11 is 6.31. The molecule has 43 heavy (non-hydrogen) atoms. The van der Waals surface area contributed by atoms with Gasteiger partial charge in [-0.25, -0.2) is 25.9 Å². The minimum atomic E-state index is -4.60. The molecule has 2 aromatic heterocycles. The van der Waals surface area contributed by atoms with Crippen LogP contribution in [0.25, 0.3) is 22.0 Å². The van der Waals surface area contributed by atoms with Gasteiger partial charge in [0.1, 0.15) is 11.5 Å². The average Bonchev–Trinajstić information content (AvgIpc) is 3.23. The summed E-state index contributed by atoms with van der Waals surface area (Å²) in [6.07, 6.45) is 2.32. The van der Waals surface area contributed by atoms with E-state index in [2.05, 4.69) is 14.4 Å². The van der Waals surface area contributed by atoms with Crippen molar-refractivity contribution in [2.45, 2.75) is 18.4 Å². The second kappa shape index (κ2) is 11.3. The monoisotopic (exact) mass is 642 g/mol. The Hall–Kier alpha value is -4.46. The highest BCUT2D eigenvalue weighted by molar-refractivity contribution is 7.92. The third-order valence-electron chi connectivity index (χ3n) is 6.62. The SMILES string of the molecule is Cc1ccc(NS(C)(=O)=O)cc1S(=O)(=O)NC(=O)c1c(-c2ccc[nH]c2=O)c2cc(Cl)ccc2n1Cc1ccccc1F. The van der Waals surface area contributed by atoms with Crippen LogP contribution in [-0.2, 0) is 26.6 Å². The number of aromatic nitrogens is 2. The number of nitrogens with one attached hydrogen (secondary N) is 3. The first-order valence-corrected chi connectivity index (χ1v) is 16.4. The van der Waals surface area contributed by atoms with Crippen LogP contribution in [0.5, 0.6) is 0 Å². The molecule has 0 spiro atoms. The molecule has 0 atom stereocenters. The fraction of sp³-hybridized carbons (Fsp3) is 0.103. The summed E-state index contributed by atoms with van der Waals surface area (Å²) in [5.74, 6) is -1.66. The lowest BCUT2D eigenvalue weighted by Gasteiger charge is -2.15. The molecule has 0 unspecified atom stereocenters. The van der Waals surface area contributed by atoms with Crippen molar-refractivity contribution < 1.29 is 26.0 Å². The van der Waals surface area contributed by atoms with Gasteiger partial charge in [-0.05, 0) is 61.0 Å². The number of fused-ring (bicyclic) bond motifs is 1. The molecule has 0 saturated carbocycles. The van der Waals surface area contributed by atoms with E-state index in [1.165, 1.54) is 60.2 Å². The van der Waals surface area contributed by atoms with Crippen LogP contribution in [0.1, 0.15) is 21.6 Å². The number of nitrogens with zero attached hydrogens (tertiary/aromatic N) is 1. The number of rotatable bonds is 8. The van der Waals surface area contributed by atoms with E-state index in [-0.39, 0.29) is 50.1 Å². The molecule has 0 aliphatic rings. The quantitative estimate of drug-likeness (QED) is 0.225. The Bertz CT molecular complexity index is 2190. The third kappa shape index (κ3) is 6.19. The van der Waals surface area contributed by atoms with Crippen molar-refractivity contribution in [2.75, 3.05) is 11.0 Å². The van der Waals surface area contributed by atoms with Crippen LogP contribution in [-0.4, -0.2) is 38.5 Å². The smallest absolute Gasteiger partial charge is 0.282 e. The van der Waals surface area contributed by atoms with Gasteiger partial charge in [-0.2, -0.15) is 0 Å². The van der Waals surface area contributed by atoms with Crippen molar-refractivity contribution in [3.63, 3.8) is 0 Å². The van der Waals surface area contributed by atoms with Crippen molar-refractivity contribution in [3.05, 3.63) is 117 Å². The largest absolute Gasteiger partial charge is 0.331 e. The predicted molar refractivity (Wildman–Crippen MR) is 163 cm³/mol. The van der Waals surface area contributed by atoms with E-state index < -0.39 is 37.3 Å². The molecular formula is C29H24ClFN4O6S2. The summed E-state index contributed by atoms with van der Waals surface area (Å²) < 4.78 is 71.2. The molecule has 2 heterocycles. The molecule has 5 aromatic rings. The lowest BCUT2D eigenvalue weighted by Crippen LogP contribution is -2.33. The normalized spacial score (nSPS) is 11.9. The van der Waals surface area contributed by atoms with Gasteiger partial charge in [-0.1, -0.05) is 35.9 Å². The Morgan fingerprint density at radius 2 is 1.74 bits per heavy atom. The van der Waals surface area contributed by atoms with Crippen LogP contribution in [0.3, 0.4) is 0 Å². The van der Waals surface area contributed by atoms with E-state index in [0.29, 0.717) is 10.9 Å². The Balaban J connectivity index is 1.73. The zero-order valence-electron chi connectivity index (χ0n) is 22.7. The third-order valence-corrected chi connectivity index (χ3v) is 8.94. The van der Waals surface area contributed by atoms with Gasteiger partial charge in [0.15, 0.2) is 0 Å². The summed E-state index contributed by atoms with van der Waals surface area (Å²) in [5.41, 5.74) is 0.161. The number of aromatic amines is 1. The highest BCUT2D eigenvalue weighted by Crippen LogP contribution is 2.36. The average molecular weight is 643 g/mol. The molecular weight excluding hydrogens is 619 g/mol. The van der Waals surface area contributed by atoms with Gasteiger partial charge >= 0.3 is 0 Å². The fourth-order valence-electron chi connectivity index (χ4n) is 4.81. The molecule has 0 aliphatic carbocycles. The number of hydrogen-bond acceptors (Lipinski definition) is 6. The van der Waals surface area contributed by atoms with Gasteiger partial charge in [-0.3, -0.25) is 14.3 Å². The number of H-pyrrole nitrogens is 1. The number of benzene rings is 3. The van der Waals surface area contributed by atoms with Gasteiger partial charge in [0, 0.05) is 44.5 Å². The zero-order valence-corrected chi connectivity index (χ0v) is 25.1. The Kier molecular flexibility index (Phi) is 7.90. The van der Waals surface area contributed by atoms with Crippen LogP contribution in [0, 0.1) is 12.7 Å². The van der Waals surface area contributed by atoms with Crippen molar-refractivity contribution in [1.82, 2.24) is 14.3 Å². The van der Waals surface area contributed by atoms with Gasteiger partial charge in [-0.15, -0.1) is 0 Å². The summed E-state index contributed by atoms with van der Waals surface area (Å²) in [7, 11) is -8.33. The number of carbonyl (C=O) groups excluding carboxylic acids is 1. The molecule has 222 valence electrons. The molecule has 3 aromatic carbocycles. The molecule has 0 radical (unpaired) electrons. The number of halogens is 2. The highest BCUT2D eigenvalue weighted by atomic mass is 35.5. The van der Waals surface area contributed by atoms with Crippen molar-refractivity contribution in [3.8, 4) is 11.1 Å². The molecule has 0 bridgehead atoms. The van der Waals surface area contributed by atoms with Crippen LogP contribution >= 0.6 is 11.6 Å². The lowest BCUT2D eigenvalue weighted by atomic mass is 10.0. The topological polar surface area (TPSA) is 147 Å². The molecule has 10 nitrogen and oxygen atoms in total. The van der Waals surface area contributed by atoms with E-state index in [0.717, 1.165) is 12.3 Å². The summed E-state index contributed by atoms with van der Waals surface area (Å²) in [6.45, 7) is 1.29. The number of hydrogen-bond donors (Lipinski definition) is 3. The van der Waals surface area contributed by atoms with Gasteiger partial charge in [0.05, 0.1) is 17.7 Å². The maximum Gasteiger partial charge on any atom is 0.282 e. The number of pyridine rings is 1. The maximum atomic E-state index is 14.8. The molecule has 3 N–H and O–H groups in total. The Labute approximate surface area is 251 Å². The molecule has 1 amide bonds. The Morgan fingerprint density at radius 3 is 2.44 bits per heavy atom. The number of amides is 1. The van der Waals surface area contributed by atoms with E-state index in [1.807, 2.05) is 0 Å². The fourth-order valence-corrected chi connectivity index (χ4v) is 6.76. The standard InChI is InChI=1S/C29H24ClFN4O6S2/c1-17-9-11-20(33-42(2,38)39)15-25(17)43(40,41)34-29(37)27-26(21-7-5-13-32-28(21)36)22-14-19(30)10-12-24(22)35(27)16-18-6-3-4-8-23(18)31/h3-15,33H,16H2,1-2H3,(H,32,36)(H,34,37). The summed E-state index contributed by atoms with van der Waals surface area (Å²) in [4.78, 5) is 29.2. The van der Waals surface area contributed by atoms with Crippen LogP contribution in [0.2, 0.25) is 5.02 Å². The van der Waals surface area contributed by atoms with E-state index in [4.69, 9.17) is 11.6 Å². The number of carbonyl (C=O) groups is 1. The second-order valence-corrected chi connectivity index (χ2v) is 13.6. The highest BCUT2D eigenvalue weighted by Gasteiger charge is 2.30. The molecule has 0 saturated heterocycles. The van der Waals surface area contributed by atoms with Crippen molar-refractivity contribution >= 4 is 54.1 Å². The lowest BCUT2D eigenvalue weighted by molar-refractivity contribution is 0.0974. The minimum Gasteiger partial charge on any atom is -0.331 e. The van der Waals surface area contributed by atoms with Gasteiger partial charge in [0.25, 0.3) is 21.5 Å². The van der Waals surface area contributed by atoms with E-state index in [9.17, 15) is 30.8 Å². The van der Waals surface area contributed by atoms with E-state index in [1.54, 1.807) is 24.3 Å². The first kappa shape index (κ1) is 30.0. The number of aryl methyl sites for hydroxylation is 1. The van der Waals surface area contributed by atoms with Crippen LogP contribution < -0.4 is 15.0 Å². The molecule has 0 fully saturated rings. The minimum absolute atomic E-state index is 0.0271. The predicted octanol–water partition coefficient (Wildman–Crippen LogP) is 4.64. The van der Waals surface area contributed by atoms with Gasteiger partial charge in [0.2, 0.25) is 10.0 Å². The first-order valence-electron chi connectivity index (χ1n) is 12.6. The molecule has 5 rings (SSSR count). The van der Waals surface area contributed by atoms with Gasteiger partial charge < -0.3 is 9.55 Å². The summed E-state index contributed by atoms with van der Waals surface area (Å²) in [5, 5.41) is 0.646. The van der Waals surface area contributed by atoms with Crippen LogP contribution in [0.15, 0.2) is 88.7 Å². The van der Waals surface area contributed by atoms with Crippen molar-refractivity contribution in [2.24, 2.45) is 0 Å². The first-order chi connectivity index (χ1) is 20.2. The van der Waals surface area contributed by atoms with Crippen LogP contribution in [0.4, 0.5) is 10.1 Å². The molecule has 14 heteroatoms. The Morgan fingerprint density at radius 1 is 1.00 bits per heavy atom. The maximum absolute atomic E-state index is 14.8. The summed E-state index contributed by atoms with van der Waals surface area (Å²) in [6, 6.07) is 17.5. The van der Waals surface area contributed by atoms with Crippen molar-refractivity contribution in [1.29, 1.82) is 0 Å².